The summed E-state index contributed by atoms with van der Waals surface area (Å²) in [6.45, 7) is 1.81. The van der Waals surface area contributed by atoms with Gasteiger partial charge in [0.15, 0.2) is 0 Å². The van der Waals surface area contributed by atoms with Gasteiger partial charge in [-0.1, -0.05) is 25.1 Å². The summed E-state index contributed by atoms with van der Waals surface area (Å²) in [7, 11) is -2.41. The molecule has 2 N–H and O–H groups in total. The lowest BCUT2D eigenvalue weighted by molar-refractivity contribution is 0.0793. The Morgan fingerprint density at radius 2 is 1.94 bits per heavy atom. The third-order valence-corrected chi connectivity index (χ3v) is 3.57. The second-order valence-corrected chi connectivity index (χ2v) is 5.21. The Labute approximate surface area is 106 Å². The van der Waals surface area contributed by atoms with Crippen LogP contribution in [0.3, 0.4) is 0 Å². The first-order valence-electron chi connectivity index (χ1n) is 5.40. The van der Waals surface area contributed by atoms with Crippen LogP contribution >= 0.6 is 0 Å². The molecule has 1 atom stereocenters. The van der Waals surface area contributed by atoms with Crippen molar-refractivity contribution in [2.75, 3.05) is 7.11 Å². The number of hydrogen-bond donors (Lipinski definition) is 2. The van der Waals surface area contributed by atoms with Crippen molar-refractivity contribution in [3.63, 3.8) is 0 Å². The average molecular weight is 272 g/mol. The van der Waals surface area contributed by atoms with Crippen LogP contribution in [0.4, 0.5) is 4.79 Å². The number of rotatable bonds is 5. The van der Waals surface area contributed by atoms with Gasteiger partial charge in [0.05, 0.1) is 4.90 Å². The van der Waals surface area contributed by atoms with Crippen molar-refractivity contribution in [2.45, 2.75) is 24.5 Å². The largest absolute Gasteiger partial charge is 0.362 e. The van der Waals surface area contributed by atoms with Crippen molar-refractivity contribution in [1.29, 1.82) is 0 Å². The van der Waals surface area contributed by atoms with Crippen molar-refractivity contribution in [2.24, 2.45) is 0 Å². The summed E-state index contributed by atoms with van der Waals surface area (Å²) < 4.78 is 30.4. The summed E-state index contributed by atoms with van der Waals surface area (Å²) in [4.78, 5) is 11.5. The Kier molecular flexibility index (Phi) is 5.11. The molecule has 1 aromatic rings. The van der Waals surface area contributed by atoms with Gasteiger partial charge in [0.25, 0.3) is 10.0 Å². The van der Waals surface area contributed by atoms with Gasteiger partial charge >= 0.3 is 6.03 Å². The molecule has 0 fully saturated rings. The number of carbonyl (C=O) groups excluding carboxylic acids is 1. The maximum Gasteiger partial charge on any atom is 0.330 e. The van der Waals surface area contributed by atoms with Crippen LogP contribution in [-0.4, -0.2) is 27.8 Å². The molecule has 0 spiro atoms. The van der Waals surface area contributed by atoms with Gasteiger partial charge in [-0.25, -0.2) is 17.9 Å². The molecule has 0 radical (unpaired) electrons. The number of sulfonamides is 1. The molecule has 0 aromatic heterocycles. The summed E-state index contributed by atoms with van der Waals surface area (Å²) in [5.41, 5.74) is 0. The van der Waals surface area contributed by atoms with E-state index in [1.807, 2.05) is 4.72 Å². The third kappa shape index (κ3) is 4.01. The lowest BCUT2D eigenvalue weighted by Crippen LogP contribution is -2.44. The van der Waals surface area contributed by atoms with Crippen LogP contribution in [-0.2, 0) is 14.8 Å². The first-order chi connectivity index (χ1) is 8.49. The van der Waals surface area contributed by atoms with Gasteiger partial charge < -0.3 is 10.1 Å². The number of urea groups is 1. The zero-order valence-electron chi connectivity index (χ0n) is 10.2. The van der Waals surface area contributed by atoms with E-state index in [0.717, 1.165) is 0 Å². The maximum atomic E-state index is 11.8. The van der Waals surface area contributed by atoms with Gasteiger partial charge in [-0.2, -0.15) is 0 Å². The fourth-order valence-corrected chi connectivity index (χ4v) is 2.22. The molecule has 1 unspecified atom stereocenters. The van der Waals surface area contributed by atoms with Crippen molar-refractivity contribution in [1.82, 2.24) is 10.0 Å². The molecule has 0 aliphatic heterocycles. The second-order valence-electron chi connectivity index (χ2n) is 3.52. The molecule has 7 heteroatoms. The summed E-state index contributed by atoms with van der Waals surface area (Å²) in [5.74, 6) is 0. The van der Waals surface area contributed by atoms with Gasteiger partial charge in [-0.3, -0.25) is 0 Å². The minimum Gasteiger partial charge on any atom is -0.362 e. The van der Waals surface area contributed by atoms with Gasteiger partial charge in [0.2, 0.25) is 0 Å². The van der Waals surface area contributed by atoms with Crippen LogP contribution in [0, 0.1) is 0 Å². The molecule has 1 aromatic carbocycles. The minimum atomic E-state index is -3.84. The Morgan fingerprint density at radius 3 is 2.44 bits per heavy atom. The third-order valence-electron chi connectivity index (χ3n) is 2.23. The molecule has 18 heavy (non-hydrogen) atoms. The molecular formula is C11H16N2O4S. The SMILES string of the molecule is CCC(NC(=O)NS(=O)(=O)c1ccccc1)OC. The molecular weight excluding hydrogens is 256 g/mol. The Balaban J connectivity index is 2.70. The van der Waals surface area contributed by atoms with E-state index in [9.17, 15) is 13.2 Å². The first kappa shape index (κ1) is 14.5. The highest BCUT2D eigenvalue weighted by molar-refractivity contribution is 7.90. The number of benzene rings is 1. The van der Waals surface area contributed by atoms with Gasteiger partial charge in [0, 0.05) is 7.11 Å². The highest BCUT2D eigenvalue weighted by Crippen LogP contribution is 2.06. The van der Waals surface area contributed by atoms with Crippen molar-refractivity contribution < 1.29 is 17.9 Å². The topological polar surface area (TPSA) is 84.5 Å². The fraction of sp³-hybridized carbons (Fsp3) is 0.364. The molecule has 1 rings (SSSR count). The molecule has 0 saturated heterocycles. The number of methoxy groups -OCH3 is 1. The summed E-state index contributed by atoms with van der Waals surface area (Å²) in [6.07, 6.45) is 0.0194. The number of ether oxygens (including phenoxy) is 1. The van der Waals surface area contributed by atoms with E-state index in [-0.39, 0.29) is 4.90 Å². The van der Waals surface area contributed by atoms with Crippen molar-refractivity contribution in [3.8, 4) is 0 Å². The number of carbonyl (C=O) groups is 1. The second kappa shape index (κ2) is 6.36. The Hall–Kier alpha value is -1.60. The minimum absolute atomic E-state index is 0.0330. The zero-order valence-corrected chi connectivity index (χ0v) is 11.0. The molecule has 0 aliphatic carbocycles. The molecule has 0 heterocycles. The molecule has 0 aliphatic rings. The van der Waals surface area contributed by atoms with Crippen LogP contribution in [0.2, 0.25) is 0 Å². The first-order valence-corrected chi connectivity index (χ1v) is 6.89. The predicted octanol–water partition coefficient (Wildman–Crippen LogP) is 1.06. The average Bonchev–Trinajstić information content (AvgIpc) is 2.36. The summed E-state index contributed by atoms with van der Waals surface area (Å²) in [6, 6.07) is 6.85. The van der Waals surface area contributed by atoms with Gasteiger partial charge in [-0.05, 0) is 18.6 Å². The highest BCUT2D eigenvalue weighted by atomic mass is 32.2. The van der Waals surface area contributed by atoms with E-state index in [4.69, 9.17) is 4.74 Å². The van der Waals surface area contributed by atoms with Crippen LogP contribution < -0.4 is 10.0 Å². The maximum absolute atomic E-state index is 11.8. The van der Waals surface area contributed by atoms with E-state index in [2.05, 4.69) is 5.32 Å². The van der Waals surface area contributed by atoms with E-state index >= 15 is 0 Å². The van der Waals surface area contributed by atoms with E-state index in [0.29, 0.717) is 6.42 Å². The highest BCUT2D eigenvalue weighted by Gasteiger charge is 2.18. The van der Waals surface area contributed by atoms with Crippen LogP contribution in [0.15, 0.2) is 35.2 Å². The van der Waals surface area contributed by atoms with Crippen LogP contribution in [0.1, 0.15) is 13.3 Å². The molecule has 100 valence electrons. The number of amides is 2. The standard InChI is InChI=1S/C11H16N2O4S/c1-3-10(17-2)12-11(14)13-18(15,16)9-7-5-4-6-8-9/h4-8,10H,3H2,1-2H3,(H2,12,13,14). The van der Waals surface area contributed by atoms with Crippen molar-refractivity contribution >= 4 is 16.1 Å². The molecule has 2 amide bonds. The smallest absolute Gasteiger partial charge is 0.330 e. The van der Waals surface area contributed by atoms with Gasteiger partial charge in [0.1, 0.15) is 6.23 Å². The fourth-order valence-electron chi connectivity index (χ4n) is 1.28. The van der Waals surface area contributed by atoms with Crippen LogP contribution in [0.5, 0.6) is 0 Å². The zero-order chi connectivity index (χ0) is 13.6. The molecule has 6 nitrogen and oxygen atoms in total. The quantitative estimate of drug-likeness (QED) is 0.785. The number of hydrogen-bond acceptors (Lipinski definition) is 4. The Bertz CT molecular complexity index is 483. The summed E-state index contributed by atoms with van der Waals surface area (Å²) >= 11 is 0. The van der Waals surface area contributed by atoms with Crippen molar-refractivity contribution in [3.05, 3.63) is 30.3 Å². The number of nitrogens with one attached hydrogen (secondary N) is 2. The monoisotopic (exact) mass is 272 g/mol. The lowest BCUT2D eigenvalue weighted by atomic mass is 10.4. The van der Waals surface area contributed by atoms with Crippen LogP contribution in [0.25, 0.3) is 0 Å². The summed E-state index contributed by atoms with van der Waals surface area (Å²) in [5, 5.41) is 2.39. The van der Waals surface area contributed by atoms with E-state index < -0.39 is 22.3 Å². The lowest BCUT2D eigenvalue weighted by Gasteiger charge is -2.15. The predicted molar refractivity (Wildman–Crippen MR) is 66.4 cm³/mol. The normalized spacial score (nSPS) is 12.8. The van der Waals surface area contributed by atoms with E-state index in [1.54, 1.807) is 25.1 Å². The molecule has 0 saturated carbocycles. The van der Waals surface area contributed by atoms with E-state index in [1.165, 1.54) is 19.2 Å². The van der Waals surface area contributed by atoms with Gasteiger partial charge in [-0.15, -0.1) is 0 Å². The Morgan fingerprint density at radius 1 is 1.33 bits per heavy atom. The molecule has 0 bridgehead atoms.